The normalized spacial score (nSPS) is 18.7. The molecule has 1 saturated heterocycles. The first-order valence-electron chi connectivity index (χ1n) is 10.4. The Morgan fingerprint density at radius 3 is 2.71 bits per heavy atom. The zero-order valence-corrected chi connectivity index (χ0v) is 18.2. The summed E-state index contributed by atoms with van der Waals surface area (Å²) in [6.45, 7) is 5.02. The van der Waals surface area contributed by atoms with Gasteiger partial charge in [-0.3, -0.25) is 9.78 Å². The summed E-state index contributed by atoms with van der Waals surface area (Å²) in [5, 5.41) is 6.80. The van der Waals surface area contributed by atoms with Crippen LogP contribution in [0.1, 0.15) is 12.5 Å². The van der Waals surface area contributed by atoms with Crippen LogP contribution in [0.4, 0.5) is 5.82 Å². The molecule has 1 aliphatic heterocycles. The van der Waals surface area contributed by atoms with Crippen LogP contribution in [0.3, 0.4) is 0 Å². The molecule has 0 saturated carbocycles. The highest BCUT2D eigenvalue weighted by molar-refractivity contribution is 5.88. The molecule has 4 rings (SSSR count). The topological polar surface area (TPSA) is 92.3 Å². The Balaban J connectivity index is 1.60. The molecule has 162 valence electrons. The molecule has 0 bridgehead atoms. The van der Waals surface area contributed by atoms with E-state index in [0.29, 0.717) is 25.4 Å². The van der Waals surface area contributed by atoms with Crippen molar-refractivity contribution >= 4 is 22.8 Å². The zero-order chi connectivity index (χ0) is 21.8. The van der Waals surface area contributed by atoms with E-state index in [-0.39, 0.29) is 11.5 Å². The highest BCUT2D eigenvalue weighted by atomic mass is 16.5. The first-order valence-corrected chi connectivity index (χ1v) is 10.4. The van der Waals surface area contributed by atoms with Crippen LogP contribution in [-0.4, -0.2) is 71.7 Å². The SMILES string of the molecule is CN(C)C(=O)Cc1ccc(-c2cc3nccnc3c(NC[C@@]3(C)CNCCO3)n2)cc1. The van der Waals surface area contributed by atoms with Crippen molar-refractivity contribution in [3.05, 3.63) is 48.3 Å². The number of nitrogens with zero attached hydrogens (tertiary/aromatic N) is 4. The lowest BCUT2D eigenvalue weighted by Gasteiger charge is -2.34. The molecule has 0 unspecified atom stereocenters. The molecule has 1 aliphatic rings. The number of benzene rings is 1. The van der Waals surface area contributed by atoms with E-state index in [4.69, 9.17) is 9.72 Å². The number of hydrogen-bond acceptors (Lipinski definition) is 7. The maximum atomic E-state index is 12.0. The van der Waals surface area contributed by atoms with Crippen molar-refractivity contribution in [1.82, 2.24) is 25.2 Å². The molecule has 2 N–H and O–H groups in total. The first kappa shape index (κ1) is 21.1. The second-order valence-electron chi connectivity index (χ2n) is 8.27. The highest BCUT2D eigenvalue weighted by Crippen LogP contribution is 2.26. The van der Waals surface area contributed by atoms with E-state index in [0.717, 1.165) is 40.9 Å². The minimum atomic E-state index is -0.314. The number of morpholine rings is 1. The molecule has 31 heavy (non-hydrogen) atoms. The van der Waals surface area contributed by atoms with Gasteiger partial charge in [-0.1, -0.05) is 24.3 Å². The third-order valence-corrected chi connectivity index (χ3v) is 5.42. The van der Waals surface area contributed by atoms with Gasteiger partial charge in [-0.05, 0) is 18.6 Å². The number of carbonyl (C=O) groups is 1. The number of ether oxygens (including phenoxy) is 1. The van der Waals surface area contributed by atoms with Gasteiger partial charge in [0, 0.05) is 51.7 Å². The van der Waals surface area contributed by atoms with Gasteiger partial charge in [0.25, 0.3) is 0 Å². The lowest BCUT2D eigenvalue weighted by atomic mass is 10.0. The van der Waals surface area contributed by atoms with Gasteiger partial charge in [0.05, 0.1) is 29.8 Å². The summed E-state index contributed by atoms with van der Waals surface area (Å²) >= 11 is 0. The Hall–Kier alpha value is -3.10. The van der Waals surface area contributed by atoms with Crippen molar-refractivity contribution in [3.8, 4) is 11.3 Å². The second kappa shape index (κ2) is 8.95. The van der Waals surface area contributed by atoms with E-state index in [1.54, 1.807) is 31.4 Å². The molecule has 0 spiro atoms. The molecule has 1 amide bonds. The minimum Gasteiger partial charge on any atom is -0.371 e. The van der Waals surface area contributed by atoms with Gasteiger partial charge in [-0.15, -0.1) is 0 Å². The van der Waals surface area contributed by atoms with Crippen molar-refractivity contribution in [2.24, 2.45) is 0 Å². The van der Waals surface area contributed by atoms with Crippen LogP contribution >= 0.6 is 0 Å². The number of likely N-dealkylation sites (N-methyl/N-ethyl adjacent to an activating group) is 1. The highest BCUT2D eigenvalue weighted by Gasteiger charge is 2.28. The number of hydrogen-bond donors (Lipinski definition) is 2. The quantitative estimate of drug-likeness (QED) is 0.631. The van der Waals surface area contributed by atoms with Crippen LogP contribution < -0.4 is 10.6 Å². The van der Waals surface area contributed by atoms with Gasteiger partial charge in [-0.25, -0.2) is 9.97 Å². The smallest absolute Gasteiger partial charge is 0.226 e. The largest absolute Gasteiger partial charge is 0.371 e. The number of pyridine rings is 1. The van der Waals surface area contributed by atoms with Crippen molar-refractivity contribution in [2.45, 2.75) is 18.9 Å². The summed E-state index contributed by atoms with van der Waals surface area (Å²) in [5.41, 5.74) is 3.91. The van der Waals surface area contributed by atoms with Crippen molar-refractivity contribution < 1.29 is 9.53 Å². The number of rotatable bonds is 6. The maximum absolute atomic E-state index is 12.0. The van der Waals surface area contributed by atoms with Crippen LogP contribution in [0.25, 0.3) is 22.3 Å². The predicted molar refractivity (Wildman–Crippen MR) is 121 cm³/mol. The first-order chi connectivity index (χ1) is 14.9. The Labute approximate surface area is 182 Å². The van der Waals surface area contributed by atoms with Gasteiger partial charge in [0.2, 0.25) is 5.91 Å². The molecule has 1 aromatic carbocycles. The summed E-state index contributed by atoms with van der Waals surface area (Å²) < 4.78 is 5.96. The van der Waals surface area contributed by atoms with Crippen LogP contribution in [0, 0.1) is 0 Å². The third-order valence-electron chi connectivity index (χ3n) is 5.42. The van der Waals surface area contributed by atoms with Crippen LogP contribution in [0.2, 0.25) is 0 Å². The third kappa shape index (κ3) is 4.98. The summed E-state index contributed by atoms with van der Waals surface area (Å²) in [4.78, 5) is 27.4. The monoisotopic (exact) mass is 420 g/mol. The zero-order valence-electron chi connectivity index (χ0n) is 18.2. The van der Waals surface area contributed by atoms with Crippen LogP contribution in [0.5, 0.6) is 0 Å². The van der Waals surface area contributed by atoms with Gasteiger partial charge in [0.15, 0.2) is 5.82 Å². The molecule has 0 aliphatic carbocycles. The number of fused-ring (bicyclic) bond motifs is 1. The number of nitrogens with one attached hydrogen (secondary N) is 2. The molecule has 2 aromatic heterocycles. The Morgan fingerprint density at radius 1 is 1.23 bits per heavy atom. The van der Waals surface area contributed by atoms with E-state index < -0.39 is 0 Å². The van der Waals surface area contributed by atoms with Gasteiger partial charge >= 0.3 is 0 Å². The number of aromatic nitrogens is 3. The molecule has 8 heteroatoms. The summed E-state index contributed by atoms with van der Waals surface area (Å²) in [5.74, 6) is 0.758. The standard InChI is InChI=1S/C23H28N6O2/c1-23(14-24-10-11-31-23)15-27-22-21-19(25-8-9-26-21)13-18(28-22)17-6-4-16(5-7-17)12-20(30)29(2)3/h4-9,13,24H,10-12,14-15H2,1-3H3,(H,27,28)/t23-/m1/s1. The fraction of sp³-hybridized carbons (Fsp3) is 0.391. The molecule has 0 radical (unpaired) electrons. The molecule has 1 atom stereocenters. The fourth-order valence-corrected chi connectivity index (χ4v) is 3.53. The van der Waals surface area contributed by atoms with E-state index in [1.165, 1.54) is 0 Å². The van der Waals surface area contributed by atoms with E-state index in [2.05, 4.69) is 27.5 Å². The van der Waals surface area contributed by atoms with Crippen molar-refractivity contribution in [1.29, 1.82) is 0 Å². The Kier molecular flexibility index (Phi) is 6.11. The Bertz CT molecular complexity index is 1060. The molecular formula is C23H28N6O2. The van der Waals surface area contributed by atoms with Gasteiger partial charge in [-0.2, -0.15) is 0 Å². The molecule has 8 nitrogen and oxygen atoms in total. The van der Waals surface area contributed by atoms with E-state index >= 15 is 0 Å². The van der Waals surface area contributed by atoms with E-state index in [9.17, 15) is 4.79 Å². The average molecular weight is 421 g/mol. The average Bonchev–Trinajstić information content (AvgIpc) is 2.78. The van der Waals surface area contributed by atoms with Crippen LogP contribution in [-0.2, 0) is 16.0 Å². The fourth-order valence-electron chi connectivity index (χ4n) is 3.53. The molecule has 3 heterocycles. The second-order valence-corrected chi connectivity index (χ2v) is 8.27. The summed E-state index contributed by atoms with van der Waals surface area (Å²) in [6.07, 6.45) is 3.73. The predicted octanol–water partition coefficient (Wildman–Crippen LogP) is 2.11. The number of carbonyl (C=O) groups excluding carboxylic acids is 1. The molecule has 1 fully saturated rings. The van der Waals surface area contributed by atoms with Crippen molar-refractivity contribution in [3.63, 3.8) is 0 Å². The van der Waals surface area contributed by atoms with Gasteiger partial charge in [0.1, 0.15) is 5.52 Å². The van der Waals surface area contributed by atoms with Gasteiger partial charge < -0.3 is 20.3 Å². The minimum absolute atomic E-state index is 0.0752. The lowest BCUT2D eigenvalue weighted by Crippen LogP contribution is -2.51. The summed E-state index contributed by atoms with van der Waals surface area (Å²) in [7, 11) is 3.53. The Morgan fingerprint density at radius 2 is 2.00 bits per heavy atom. The number of amides is 1. The molecular weight excluding hydrogens is 392 g/mol. The summed E-state index contributed by atoms with van der Waals surface area (Å²) in [6, 6.07) is 9.85. The van der Waals surface area contributed by atoms with E-state index in [1.807, 2.05) is 30.3 Å². The van der Waals surface area contributed by atoms with Crippen molar-refractivity contribution in [2.75, 3.05) is 45.7 Å². The lowest BCUT2D eigenvalue weighted by molar-refractivity contribution is -0.127. The van der Waals surface area contributed by atoms with Crippen LogP contribution in [0.15, 0.2) is 42.7 Å². The maximum Gasteiger partial charge on any atom is 0.226 e. The number of anilines is 1. The molecule has 3 aromatic rings.